The SMILES string of the molecule is CCCCCCCCCCCCOC(=O)c1cc(C(C)(C)C)c(O)c(C(C)(C)C)c1-c1ccccc1. The highest BCUT2D eigenvalue weighted by molar-refractivity contribution is 6.00. The second-order valence-corrected chi connectivity index (χ2v) is 12.3. The Morgan fingerprint density at radius 1 is 0.778 bits per heavy atom. The van der Waals surface area contributed by atoms with Crippen LogP contribution in [0.25, 0.3) is 11.1 Å². The number of ether oxygens (including phenoxy) is 1. The van der Waals surface area contributed by atoms with Crippen LogP contribution in [0, 0.1) is 0 Å². The van der Waals surface area contributed by atoms with Crippen LogP contribution in [0.5, 0.6) is 5.75 Å². The first-order valence-corrected chi connectivity index (χ1v) is 14.1. The number of esters is 1. The molecule has 200 valence electrons. The molecule has 0 saturated carbocycles. The van der Waals surface area contributed by atoms with Gasteiger partial charge in [-0.3, -0.25) is 0 Å². The number of aromatic hydroxyl groups is 1. The summed E-state index contributed by atoms with van der Waals surface area (Å²) >= 11 is 0. The predicted molar refractivity (Wildman–Crippen MR) is 153 cm³/mol. The maximum atomic E-state index is 13.5. The van der Waals surface area contributed by atoms with Crippen LogP contribution in [0.15, 0.2) is 36.4 Å². The summed E-state index contributed by atoms with van der Waals surface area (Å²) in [7, 11) is 0. The predicted octanol–water partition coefficient (Wildman–Crippen LogP) is 9.73. The Bertz CT molecular complexity index is 946. The summed E-state index contributed by atoms with van der Waals surface area (Å²) in [5, 5.41) is 11.4. The van der Waals surface area contributed by atoms with E-state index in [-0.39, 0.29) is 22.5 Å². The van der Waals surface area contributed by atoms with Gasteiger partial charge in [-0.25, -0.2) is 4.79 Å². The van der Waals surface area contributed by atoms with Crippen LogP contribution in [0.4, 0.5) is 0 Å². The molecule has 0 aliphatic heterocycles. The van der Waals surface area contributed by atoms with Crippen molar-refractivity contribution in [3.05, 3.63) is 53.1 Å². The molecule has 0 unspecified atom stereocenters. The zero-order valence-corrected chi connectivity index (χ0v) is 24.0. The highest BCUT2D eigenvalue weighted by Crippen LogP contribution is 2.46. The average molecular weight is 495 g/mol. The van der Waals surface area contributed by atoms with Crippen LogP contribution in [0.3, 0.4) is 0 Å². The van der Waals surface area contributed by atoms with E-state index in [1.807, 2.05) is 36.4 Å². The first-order valence-electron chi connectivity index (χ1n) is 14.1. The number of hydrogen-bond donors (Lipinski definition) is 1. The monoisotopic (exact) mass is 494 g/mol. The van der Waals surface area contributed by atoms with Crippen LogP contribution in [-0.2, 0) is 15.6 Å². The summed E-state index contributed by atoms with van der Waals surface area (Å²) in [6, 6.07) is 11.8. The highest BCUT2D eigenvalue weighted by Gasteiger charge is 2.33. The Kier molecular flexibility index (Phi) is 11.5. The van der Waals surface area contributed by atoms with E-state index < -0.39 is 0 Å². The lowest BCUT2D eigenvalue weighted by Crippen LogP contribution is -2.21. The molecule has 2 aromatic carbocycles. The van der Waals surface area contributed by atoms with Crippen molar-refractivity contribution >= 4 is 5.97 Å². The van der Waals surface area contributed by atoms with Crippen molar-refractivity contribution in [2.45, 2.75) is 124 Å². The lowest BCUT2D eigenvalue weighted by atomic mass is 9.74. The number of carbonyl (C=O) groups is 1. The van der Waals surface area contributed by atoms with E-state index >= 15 is 0 Å². The van der Waals surface area contributed by atoms with Crippen molar-refractivity contribution in [2.24, 2.45) is 0 Å². The van der Waals surface area contributed by atoms with Gasteiger partial charge in [0.15, 0.2) is 0 Å². The Hall–Kier alpha value is -2.29. The van der Waals surface area contributed by atoms with Crippen molar-refractivity contribution < 1.29 is 14.6 Å². The van der Waals surface area contributed by atoms with Gasteiger partial charge in [0.1, 0.15) is 5.75 Å². The second kappa shape index (κ2) is 13.9. The minimum atomic E-state index is -0.359. The Morgan fingerprint density at radius 3 is 1.81 bits per heavy atom. The van der Waals surface area contributed by atoms with Crippen LogP contribution < -0.4 is 0 Å². The van der Waals surface area contributed by atoms with Gasteiger partial charge in [-0.2, -0.15) is 0 Å². The van der Waals surface area contributed by atoms with Crippen molar-refractivity contribution in [1.29, 1.82) is 0 Å². The van der Waals surface area contributed by atoms with Crippen LogP contribution >= 0.6 is 0 Å². The molecule has 0 aromatic heterocycles. The third-order valence-electron chi connectivity index (χ3n) is 6.87. The van der Waals surface area contributed by atoms with Gasteiger partial charge in [0.25, 0.3) is 0 Å². The summed E-state index contributed by atoms with van der Waals surface area (Å²) in [6.07, 6.45) is 12.5. The van der Waals surface area contributed by atoms with E-state index in [2.05, 4.69) is 48.5 Å². The molecule has 0 bridgehead atoms. The lowest BCUT2D eigenvalue weighted by molar-refractivity contribution is 0.0498. The molecular weight excluding hydrogens is 444 g/mol. The summed E-state index contributed by atoms with van der Waals surface area (Å²) in [5.74, 6) is -0.0270. The molecule has 3 heteroatoms. The number of unbranched alkanes of at least 4 members (excludes halogenated alkanes) is 9. The smallest absolute Gasteiger partial charge is 0.338 e. The molecule has 0 spiro atoms. The first-order chi connectivity index (χ1) is 17.0. The van der Waals surface area contributed by atoms with Crippen molar-refractivity contribution in [3.8, 4) is 16.9 Å². The quantitative estimate of drug-likeness (QED) is 0.223. The number of phenolic OH excluding ortho intramolecular Hbond substituents is 1. The fourth-order valence-corrected chi connectivity index (χ4v) is 4.87. The van der Waals surface area contributed by atoms with Gasteiger partial charge in [0.2, 0.25) is 0 Å². The fraction of sp³-hybridized carbons (Fsp3) is 0.606. The molecule has 36 heavy (non-hydrogen) atoms. The molecule has 0 heterocycles. The minimum absolute atomic E-state index is 0.278. The van der Waals surface area contributed by atoms with Crippen LogP contribution in [-0.4, -0.2) is 17.7 Å². The average Bonchev–Trinajstić information content (AvgIpc) is 2.81. The van der Waals surface area contributed by atoms with Gasteiger partial charge < -0.3 is 9.84 Å². The Morgan fingerprint density at radius 2 is 1.31 bits per heavy atom. The van der Waals surface area contributed by atoms with Gasteiger partial charge in [-0.15, -0.1) is 0 Å². The summed E-state index contributed by atoms with van der Waals surface area (Å²) in [6.45, 7) is 15.1. The van der Waals surface area contributed by atoms with Gasteiger partial charge in [0.05, 0.1) is 12.2 Å². The molecule has 0 amide bonds. The summed E-state index contributed by atoms with van der Waals surface area (Å²) in [5.41, 5.74) is 3.14. The fourth-order valence-electron chi connectivity index (χ4n) is 4.87. The maximum Gasteiger partial charge on any atom is 0.338 e. The number of rotatable bonds is 13. The van der Waals surface area contributed by atoms with E-state index in [9.17, 15) is 9.90 Å². The molecule has 0 atom stereocenters. The molecular formula is C33H50O3. The number of carbonyl (C=O) groups excluding carboxylic acids is 1. The molecule has 2 rings (SSSR count). The largest absolute Gasteiger partial charge is 0.507 e. The van der Waals surface area contributed by atoms with Gasteiger partial charge in [-0.05, 0) is 28.9 Å². The zero-order chi connectivity index (χ0) is 26.8. The standard InChI is InChI=1S/C33H50O3/c1-8-9-10-11-12-13-14-15-16-20-23-36-31(35)26-24-27(32(2,3)4)30(34)29(33(5,6)7)28(26)25-21-18-17-19-22-25/h17-19,21-22,24,34H,8-16,20,23H2,1-7H3. The molecule has 0 aliphatic rings. The second-order valence-electron chi connectivity index (χ2n) is 12.3. The first kappa shape index (κ1) is 29.9. The van der Waals surface area contributed by atoms with E-state index in [1.165, 1.54) is 51.4 Å². The van der Waals surface area contributed by atoms with Crippen LogP contribution in [0.2, 0.25) is 0 Å². The van der Waals surface area contributed by atoms with Crippen molar-refractivity contribution in [2.75, 3.05) is 6.61 Å². The Labute approximate surface area is 220 Å². The molecule has 3 nitrogen and oxygen atoms in total. The molecule has 0 saturated heterocycles. The number of phenols is 1. The van der Waals surface area contributed by atoms with E-state index in [0.29, 0.717) is 12.2 Å². The summed E-state index contributed by atoms with van der Waals surface area (Å²) in [4.78, 5) is 13.5. The van der Waals surface area contributed by atoms with Gasteiger partial charge in [-0.1, -0.05) is 137 Å². The molecule has 0 aliphatic carbocycles. The van der Waals surface area contributed by atoms with Gasteiger partial charge >= 0.3 is 5.97 Å². The van der Waals surface area contributed by atoms with E-state index in [0.717, 1.165) is 35.1 Å². The van der Waals surface area contributed by atoms with Crippen LogP contribution in [0.1, 0.15) is 134 Å². The molecule has 0 fully saturated rings. The van der Waals surface area contributed by atoms with E-state index in [4.69, 9.17) is 4.74 Å². The maximum absolute atomic E-state index is 13.5. The molecule has 1 N–H and O–H groups in total. The van der Waals surface area contributed by atoms with Crippen molar-refractivity contribution in [3.63, 3.8) is 0 Å². The summed E-state index contributed by atoms with van der Waals surface area (Å²) < 4.78 is 5.82. The molecule has 2 aromatic rings. The third-order valence-corrected chi connectivity index (χ3v) is 6.87. The molecule has 0 radical (unpaired) electrons. The van der Waals surface area contributed by atoms with Crippen molar-refractivity contribution in [1.82, 2.24) is 0 Å². The number of hydrogen-bond acceptors (Lipinski definition) is 3. The lowest BCUT2D eigenvalue weighted by Gasteiger charge is -2.31. The Balaban J connectivity index is 2.17. The zero-order valence-electron chi connectivity index (χ0n) is 24.0. The highest BCUT2D eigenvalue weighted by atomic mass is 16.5. The topological polar surface area (TPSA) is 46.5 Å². The number of benzene rings is 2. The van der Waals surface area contributed by atoms with Gasteiger partial charge in [0, 0.05) is 16.7 Å². The normalized spacial score (nSPS) is 12.1. The van der Waals surface area contributed by atoms with E-state index in [1.54, 1.807) is 0 Å². The third kappa shape index (κ3) is 8.68. The minimum Gasteiger partial charge on any atom is -0.507 e.